The largest absolute Gasteiger partial charge is 0.468 e. The van der Waals surface area contributed by atoms with Crippen molar-refractivity contribution >= 4 is 11.8 Å². The summed E-state index contributed by atoms with van der Waals surface area (Å²) in [4.78, 5) is 0. The van der Waals surface area contributed by atoms with Crippen LogP contribution in [-0.2, 0) is 5.75 Å². The number of nitrogens with one attached hydrogen (secondary N) is 1. The van der Waals surface area contributed by atoms with Crippen molar-refractivity contribution in [3.63, 3.8) is 0 Å². The molecule has 1 unspecified atom stereocenters. The molecule has 0 aliphatic rings. The second-order valence-electron chi connectivity index (χ2n) is 4.00. The minimum Gasteiger partial charge on any atom is -0.468 e. The van der Waals surface area contributed by atoms with E-state index in [4.69, 9.17) is 4.42 Å². The highest BCUT2D eigenvalue weighted by atomic mass is 32.2. The highest BCUT2D eigenvalue weighted by Gasteiger charge is 2.11. The monoisotopic (exact) mass is 227 g/mol. The molecule has 1 aromatic heterocycles. The molecule has 0 aromatic carbocycles. The van der Waals surface area contributed by atoms with Gasteiger partial charge in [0.05, 0.1) is 12.0 Å². The van der Waals surface area contributed by atoms with Crippen molar-refractivity contribution < 1.29 is 4.42 Å². The zero-order valence-corrected chi connectivity index (χ0v) is 10.6. The van der Waals surface area contributed by atoms with Crippen LogP contribution >= 0.6 is 11.8 Å². The molecule has 1 N–H and O–H groups in total. The molecule has 1 aromatic rings. The van der Waals surface area contributed by atoms with Crippen molar-refractivity contribution in [3.05, 3.63) is 24.2 Å². The maximum Gasteiger partial charge on any atom is 0.113 e. The summed E-state index contributed by atoms with van der Waals surface area (Å²) in [7, 11) is 0. The Morgan fingerprint density at radius 3 is 2.80 bits per heavy atom. The van der Waals surface area contributed by atoms with Crippen LogP contribution in [0.5, 0.6) is 0 Å². The van der Waals surface area contributed by atoms with Crippen LogP contribution in [0.4, 0.5) is 0 Å². The number of thioether (sulfide) groups is 1. The van der Waals surface area contributed by atoms with Gasteiger partial charge in [0, 0.05) is 11.8 Å². The summed E-state index contributed by atoms with van der Waals surface area (Å²) in [5.41, 5.74) is 0. The van der Waals surface area contributed by atoms with Gasteiger partial charge in [-0.3, -0.25) is 0 Å². The fourth-order valence-corrected chi connectivity index (χ4v) is 2.67. The first kappa shape index (κ1) is 12.7. The first-order valence-corrected chi connectivity index (χ1v) is 6.73. The summed E-state index contributed by atoms with van der Waals surface area (Å²) in [6.45, 7) is 7.73. The molecule has 1 rings (SSSR count). The molecule has 0 aliphatic heterocycles. The van der Waals surface area contributed by atoms with Crippen LogP contribution in [-0.4, -0.2) is 18.3 Å². The van der Waals surface area contributed by atoms with Crippen molar-refractivity contribution in [1.29, 1.82) is 0 Å². The first-order chi connectivity index (χ1) is 7.24. The van der Waals surface area contributed by atoms with Gasteiger partial charge in [0.25, 0.3) is 0 Å². The fourth-order valence-electron chi connectivity index (χ4n) is 1.43. The third-order valence-electron chi connectivity index (χ3n) is 2.39. The van der Waals surface area contributed by atoms with Crippen molar-refractivity contribution in [1.82, 2.24) is 5.32 Å². The SMILES string of the molecule is CCNC(CSCc1ccco1)C(C)C. The summed E-state index contributed by atoms with van der Waals surface area (Å²) in [5, 5.41) is 3.51. The Labute approximate surface area is 96.8 Å². The normalized spacial score (nSPS) is 13.3. The van der Waals surface area contributed by atoms with E-state index in [9.17, 15) is 0 Å². The molecular weight excluding hydrogens is 206 g/mol. The van der Waals surface area contributed by atoms with Crippen LogP contribution in [0.25, 0.3) is 0 Å². The quantitative estimate of drug-likeness (QED) is 0.774. The standard InChI is InChI=1S/C12H21NOS/c1-4-13-12(10(2)3)9-15-8-11-6-5-7-14-11/h5-7,10,12-13H,4,8-9H2,1-3H3. The Hall–Kier alpha value is -0.410. The maximum absolute atomic E-state index is 5.29. The van der Waals surface area contributed by atoms with E-state index in [1.54, 1.807) is 6.26 Å². The van der Waals surface area contributed by atoms with E-state index in [1.807, 2.05) is 23.9 Å². The molecule has 3 heteroatoms. The molecule has 0 aliphatic carbocycles. The van der Waals surface area contributed by atoms with Crippen LogP contribution in [0.15, 0.2) is 22.8 Å². The Morgan fingerprint density at radius 1 is 1.47 bits per heavy atom. The fraction of sp³-hybridized carbons (Fsp3) is 0.667. The van der Waals surface area contributed by atoms with E-state index in [-0.39, 0.29) is 0 Å². The van der Waals surface area contributed by atoms with E-state index in [2.05, 4.69) is 26.1 Å². The smallest absolute Gasteiger partial charge is 0.113 e. The Morgan fingerprint density at radius 2 is 2.27 bits per heavy atom. The molecule has 0 spiro atoms. The highest BCUT2D eigenvalue weighted by Crippen LogP contribution is 2.16. The molecule has 1 heterocycles. The number of hydrogen-bond acceptors (Lipinski definition) is 3. The topological polar surface area (TPSA) is 25.2 Å². The lowest BCUT2D eigenvalue weighted by atomic mass is 10.1. The van der Waals surface area contributed by atoms with Gasteiger partial charge in [-0.25, -0.2) is 0 Å². The lowest BCUT2D eigenvalue weighted by molar-refractivity contribution is 0.443. The van der Waals surface area contributed by atoms with E-state index < -0.39 is 0 Å². The van der Waals surface area contributed by atoms with Crippen molar-refractivity contribution in [2.75, 3.05) is 12.3 Å². The zero-order chi connectivity index (χ0) is 11.1. The summed E-state index contributed by atoms with van der Waals surface area (Å²) < 4.78 is 5.29. The van der Waals surface area contributed by atoms with Gasteiger partial charge in [-0.1, -0.05) is 20.8 Å². The van der Waals surface area contributed by atoms with E-state index >= 15 is 0 Å². The Bertz CT molecular complexity index is 246. The predicted octanol–water partition coefficient (Wildman–Crippen LogP) is 3.15. The molecule has 0 amide bonds. The summed E-state index contributed by atoms with van der Waals surface area (Å²) in [6, 6.07) is 4.58. The van der Waals surface area contributed by atoms with Gasteiger partial charge in [0.1, 0.15) is 5.76 Å². The predicted molar refractivity (Wildman–Crippen MR) is 67.2 cm³/mol. The second-order valence-corrected chi connectivity index (χ2v) is 5.03. The van der Waals surface area contributed by atoms with Gasteiger partial charge in [-0.05, 0) is 24.6 Å². The van der Waals surface area contributed by atoms with Crippen molar-refractivity contribution in [2.24, 2.45) is 5.92 Å². The first-order valence-electron chi connectivity index (χ1n) is 5.57. The Kier molecular flexibility index (Phi) is 5.88. The van der Waals surface area contributed by atoms with Crippen LogP contribution < -0.4 is 5.32 Å². The highest BCUT2D eigenvalue weighted by molar-refractivity contribution is 7.98. The van der Waals surface area contributed by atoms with Gasteiger partial charge in [-0.15, -0.1) is 0 Å². The average Bonchev–Trinajstić information content (AvgIpc) is 2.69. The molecular formula is C12H21NOS. The molecule has 0 saturated heterocycles. The zero-order valence-electron chi connectivity index (χ0n) is 9.82. The number of rotatable bonds is 7. The lowest BCUT2D eigenvalue weighted by Crippen LogP contribution is -2.35. The van der Waals surface area contributed by atoms with E-state index in [0.717, 1.165) is 23.8 Å². The van der Waals surface area contributed by atoms with E-state index in [0.29, 0.717) is 12.0 Å². The molecule has 0 fully saturated rings. The van der Waals surface area contributed by atoms with Crippen LogP contribution in [0.2, 0.25) is 0 Å². The summed E-state index contributed by atoms with van der Waals surface area (Å²) in [5.74, 6) is 3.88. The van der Waals surface area contributed by atoms with Crippen LogP contribution in [0.1, 0.15) is 26.5 Å². The average molecular weight is 227 g/mol. The molecule has 2 nitrogen and oxygen atoms in total. The van der Waals surface area contributed by atoms with Gasteiger partial charge in [0.2, 0.25) is 0 Å². The molecule has 0 radical (unpaired) electrons. The molecule has 0 saturated carbocycles. The summed E-state index contributed by atoms with van der Waals surface area (Å²) >= 11 is 1.93. The van der Waals surface area contributed by atoms with Gasteiger partial charge >= 0.3 is 0 Å². The number of hydrogen-bond donors (Lipinski definition) is 1. The molecule has 86 valence electrons. The van der Waals surface area contributed by atoms with Crippen molar-refractivity contribution in [3.8, 4) is 0 Å². The molecule has 0 bridgehead atoms. The minimum atomic E-state index is 0.606. The van der Waals surface area contributed by atoms with E-state index in [1.165, 1.54) is 0 Å². The molecule has 15 heavy (non-hydrogen) atoms. The second kappa shape index (κ2) is 6.96. The Balaban J connectivity index is 2.22. The third-order valence-corrected chi connectivity index (χ3v) is 3.48. The maximum atomic E-state index is 5.29. The number of furan rings is 1. The molecule has 1 atom stereocenters. The van der Waals surface area contributed by atoms with Gasteiger partial charge < -0.3 is 9.73 Å². The minimum absolute atomic E-state index is 0.606. The van der Waals surface area contributed by atoms with Crippen LogP contribution in [0, 0.1) is 5.92 Å². The lowest BCUT2D eigenvalue weighted by Gasteiger charge is -2.20. The third kappa shape index (κ3) is 4.76. The summed E-state index contributed by atoms with van der Waals surface area (Å²) in [6.07, 6.45) is 1.74. The van der Waals surface area contributed by atoms with Gasteiger partial charge in [-0.2, -0.15) is 11.8 Å². The van der Waals surface area contributed by atoms with Crippen molar-refractivity contribution in [2.45, 2.75) is 32.6 Å². The van der Waals surface area contributed by atoms with Gasteiger partial charge in [0.15, 0.2) is 0 Å². The van der Waals surface area contributed by atoms with Crippen LogP contribution in [0.3, 0.4) is 0 Å².